The number of benzene rings is 2. The van der Waals surface area contributed by atoms with Gasteiger partial charge in [0.2, 0.25) is 5.91 Å². The second-order valence-electron chi connectivity index (χ2n) is 5.47. The van der Waals surface area contributed by atoms with Gasteiger partial charge in [-0.15, -0.1) is 0 Å². The van der Waals surface area contributed by atoms with Crippen molar-refractivity contribution in [3.8, 4) is 6.07 Å². The predicted molar refractivity (Wildman–Crippen MR) is 87.1 cm³/mol. The summed E-state index contributed by atoms with van der Waals surface area (Å²) < 4.78 is 26.7. The van der Waals surface area contributed by atoms with E-state index in [1.54, 1.807) is 43.1 Å². The van der Waals surface area contributed by atoms with Gasteiger partial charge in [-0.1, -0.05) is 18.2 Å². The molecule has 1 N–H and O–H groups in total. The number of hydrogen-bond acceptors (Lipinski definition) is 3. The number of halogens is 2. The molecule has 0 bridgehead atoms. The van der Waals surface area contributed by atoms with Crippen LogP contribution in [0.5, 0.6) is 0 Å². The van der Waals surface area contributed by atoms with Gasteiger partial charge in [-0.2, -0.15) is 5.26 Å². The van der Waals surface area contributed by atoms with Crippen LogP contribution in [0.2, 0.25) is 0 Å². The molecule has 0 heterocycles. The van der Waals surface area contributed by atoms with Crippen LogP contribution in [0.15, 0.2) is 42.5 Å². The molecular weight excluding hydrogens is 312 g/mol. The van der Waals surface area contributed by atoms with E-state index in [1.165, 1.54) is 12.1 Å². The zero-order chi connectivity index (χ0) is 17.7. The molecule has 0 aliphatic carbocycles. The van der Waals surface area contributed by atoms with E-state index in [0.29, 0.717) is 16.8 Å². The molecule has 6 heteroatoms. The summed E-state index contributed by atoms with van der Waals surface area (Å²) in [6.07, 6.45) is 0. The molecule has 2 aromatic carbocycles. The first kappa shape index (κ1) is 17.6. The van der Waals surface area contributed by atoms with Crippen LogP contribution in [0.3, 0.4) is 0 Å². The molecule has 2 aromatic rings. The number of nitrogens with zero attached hydrogens (tertiary/aromatic N) is 2. The largest absolute Gasteiger partial charge is 0.324 e. The highest BCUT2D eigenvalue weighted by molar-refractivity contribution is 5.95. The quantitative estimate of drug-likeness (QED) is 0.916. The maximum absolute atomic E-state index is 13.7. The van der Waals surface area contributed by atoms with E-state index < -0.39 is 17.7 Å². The summed E-state index contributed by atoms with van der Waals surface area (Å²) in [4.78, 5) is 14.0. The Balaban J connectivity index is 2.05. The van der Waals surface area contributed by atoms with E-state index in [-0.39, 0.29) is 12.5 Å². The van der Waals surface area contributed by atoms with E-state index in [0.717, 1.165) is 6.07 Å². The molecule has 0 radical (unpaired) electrons. The molecule has 1 atom stereocenters. The lowest BCUT2D eigenvalue weighted by Crippen LogP contribution is -2.39. The lowest BCUT2D eigenvalue weighted by molar-refractivity contribution is -0.120. The summed E-state index contributed by atoms with van der Waals surface area (Å²) in [5.74, 6) is -1.61. The molecule has 0 saturated heterocycles. The molecule has 0 aliphatic heterocycles. The van der Waals surface area contributed by atoms with Crippen LogP contribution in [0.1, 0.15) is 18.1 Å². The number of likely N-dealkylation sites (N-methyl/N-ethyl adjacent to an activating group) is 1. The lowest BCUT2D eigenvalue weighted by Gasteiger charge is -2.24. The Morgan fingerprint density at radius 3 is 2.67 bits per heavy atom. The van der Waals surface area contributed by atoms with Crippen molar-refractivity contribution in [2.75, 3.05) is 12.4 Å². The fourth-order valence-electron chi connectivity index (χ4n) is 2.18. The van der Waals surface area contributed by atoms with Crippen molar-refractivity contribution in [2.24, 2.45) is 0 Å². The average Bonchev–Trinajstić information content (AvgIpc) is 2.57. The molecule has 0 unspecified atom stereocenters. The first-order chi connectivity index (χ1) is 11.4. The average molecular weight is 329 g/mol. The van der Waals surface area contributed by atoms with Gasteiger partial charge in [-0.05, 0) is 32.2 Å². The number of nitriles is 1. The zero-order valence-corrected chi connectivity index (χ0v) is 13.4. The first-order valence-corrected chi connectivity index (χ1v) is 7.36. The minimum atomic E-state index is -0.649. The maximum atomic E-state index is 13.7. The van der Waals surface area contributed by atoms with Crippen LogP contribution in [-0.4, -0.2) is 23.9 Å². The van der Waals surface area contributed by atoms with Gasteiger partial charge in [0, 0.05) is 18.2 Å². The van der Waals surface area contributed by atoms with Crippen molar-refractivity contribution in [2.45, 2.75) is 19.5 Å². The lowest BCUT2D eigenvalue weighted by atomic mass is 10.1. The van der Waals surface area contributed by atoms with Crippen LogP contribution in [0.25, 0.3) is 0 Å². The molecule has 2 rings (SSSR count). The minimum absolute atomic E-state index is 0.153. The van der Waals surface area contributed by atoms with Crippen LogP contribution in [0.4, 0.5) is 14.5 Å². The highest BCUT2D eigenvalue weighted by Gasteiger charge is 2.20. The van der Waals surface area contributed by atoms with Crippen molar-refractivity contribution in [3.63, 3.8) is 0 Å². The summed E-state index contributed by atoms with van der Waals surface area (Å²) >= 11 is 0. The van der Waals surface area contributed by atoms with Gasteiger partial charge >= 0.3 is 0 Å². The number of carbonyl (C=O) groups is 1. The Labute approximate surface area is 139 Å². The van der Waals surface area contributed by atoms with E-state index in [2.05, 4.69) is 5.32 Å². The minimum Gasteiger partial charge on any atom is -0.324 e. The highest BCUT2D eigenvalue weighted by atomic mass is 19.1. The molecular formula is C18H17F2N3O. The van der Waals surface area contributed by atoms with Gasteiger partial charge in [0.1, 0.15) is 17.7 Å². The van der Waals surface area contributed by atoms with Gasteiger partial charge in [0.25, 0.3) is 0 Å². The van der Waals surface area contributed by atoms with Crippen LogP contribution < -0.4 is 5.32 Å². The number of para-hydroxylation sites is 1. The van der Waals surface area contributed by atoms with Crippen molar-refractivity contribution >= 4 is 11.6 Å². The second kappa shape index (κ2) is 7.66. The third-order valence-electron chi connectivity index (χ3n) is 3.78. The number of carbonyl (C=O) groups excluding carboxylic acids is 1. The Kier molecular flexibility index (Phi) is 5.61. The molecule has 0 aromatic heterocycles. The Bertz CT molecular complexity index is 786. The molecule has 4 nitrogen and oxygen atoms in total. The Hall–Kier alpha value is -2.78. The molecule has 0 saturated carbocycles. The predicted octanol–water partition coefficient (Wildman–Crippen LogP) is 3.30. The number of rotatable bonds is 5. The molecule has 24 heavy (non-hydrogen) atoms. The number of nitrogens with one attached hydrogen (secondary N) is 1. The summed E-state index contributed by atoms with van der Waals surface area (Å²) in [6.45, 7) is 1.83. The fourth-order valence-corrected chi connectivity index (χ4v) is 2.18. The second-order valence-corrected chi connectivity index (χ2v) is 5.47. The van der Waals surface area contributed by atoms with Crippen molar-refractivity contribution in [1.29, 1.82) is 5.26 Å². The Morgan fingerprint density at radius 2 is 2.00 bits per heavy atom. The third kappa shape index (κ3) is 4.15. The molecule has 124 valence electrons. The third-order valence-corrected chi connectivity index (χ3v) is 3.78. The van der Waals surface area contributed by atoms with E-state index in [9.17, 15) is 13.6 Å². The van der Waals surface area contributed by atoms with Gasteiger partial charge in [0.15, 0.2) is 0 Å². The summed E-state index contributed by atoms with van der Waals surface area (Å²) in [7, 11) is 1.67. The molecule has 0 aliphatic rings. The Morgan fingerprint density at radius 1 is 1.29 bits per heavy atom. The van der Waals surface area contributed by atoms with Gasteiger partial charge in [0.05, 0.1) is 17.3 Å². The number of hydrogen-bond donors (Lipinski definition) is 1. The molecule has 0 fully saturated rings. The van der Waals surface area contributed by atoms with E-state index in [4.69, 9.17) is 5.26 Å². The zero-order valence-electron chi connectivity index (χ0n) is 13.4. The maximum Gasteiger partial charge on any atom is 0.241 e. The SMILES string of the molecule is C[C@H](C(=O)Nc1ccccc1C#N)N(C)Cc1ccc(F)cc1F. The van der Waals surface area contributed by atoms with Gasteiger partial charge < -0.3 is 5.32 Å². The number of anilines is 1. The van der Waals surface area contributed by atoms with Crippen molar-refractivity contribution in [3.05, 3.63) is 65.2 Å². The summed E-state index contributed by atoms with van der Waals surface area (Å²) in [6, 6.07) is 11.5. The normalized spacial score (nSPS) is 11.8. The van der Waals surface area contributed by atoms with Crippen molar-refractivity contribution in [1.82, 2.24) is 4.90 Å². The first-order valence-electron chi connectivity index (χ1n) is 7.36. The summed E-state index contributed by atoms with van der Waals surface area (Å²) in [5, 5.41) is 11.7. The van der Waals surface area contributed by atoms with E-state index >= 15 is 0 Å². The fraction of sp³-hybridized carbons (Fsp3) is 0.222. The van der Waals surface area contributed by atoms with Crippen LogP contribution in [0, 0.1) is 23.0 Å². The smallest absolute Gasteiger partial charge is 0.241 e. The molecule has 0 spiro atoms. The number of amides is 1. The highest BCUT2D eigenvalue weighted by Crippen LogP contribution is 2.16. The van der Waals surface area contributed by atoms with Crippen LogP contribution in [-0.2, 0) is 11.3 Å². The molecule has 1 amide bonds. The van der Waals surface area contributed by atoms with E-state index in [1.807, 2.05) is 6.07 Å². The standard InChI is InChI=1S/C18H17F2N3O/c1-12(18(24)22-17-6-4-3-5-13(17)10-21)23(2)11-14-7-8-15(19)9-16(14)20/h3-9,12H,11H2,1-2H3,(H,22,24)/t12-/m1/s1. The van der Waals surface area contributed by atoms with Crippen molar-refractivity contribution < 1.29 is 13.6 Å². The summed E-state index contributed by atoms with van der Waals surface area (Å²) in [5.41, 5.74) is 1.10. The monoisotopic (exact) mass is 329 g/mol. The van der Waals surface area contributed by atoms with Crippen LogP contribution >= 0.6 is 0 Å². The van der Waals surface area contributed by atoms with Gasteiger partial charge in [-0.25, -0.2) is 8.78 Å². The topological polar surface area (TPSA) is 56.1 Å². The van der Waals surface area contributed by atoms with Gasteiger partial charge in [-0.3, -0.25) is 9.69 Å².